The standard InChI is InChI=1S/C15H16ClNO4/c16-10-3-1-9(2-4-10)13-8-17(5-6-21-13)14(18)11-7-12(11)15(19)20/h1-4,11-13H,5-8H2,(H,19,20)/t11-,12-,13-/m1/s1. The molecule has 21 heavy (non-hydrogen) atoms. The van der Waals surface area contributed by atoms with E-state index in [1.54, 1.807) is 17.0 Å². The highest BCUT2D eigenvalue weighted by Gasteiger charge is 2.50. The van der Waals surface area contributed by atoms with E-state index in [0.29, 0.717) is 31.1 Å². The van der Waals surface area contributed by atoms with Crippen LogP contribution in [0.2, 0.25) is 5.02 Å². The summed E-state index contributed by atoms with van der Waals surface area (Å²) >= 11 is 5.86. The molecule has 1 aliphatic heterocycles. The topological polar surface area (TPSA) is 66.8 Å². The van der Waals surface area contributed by atoms with Crippen molar-refractivity contribution in [1.82, 2.24) is 4.90 Å². The molecule has 1 heterocycles. The molecule has 2 aliphatic rings. The van der Waals surface area contributed by atoms with Crippen molar-refractivity contribution in [2.45, 2.75) is 12.5 Å². The van der Waals surface area contributed by atoms with Gasteiger partial charge in [0.25, 0.3) is 0 Å². The molecule has 0 unspecified atom stereocenters. The van der Waals surface area contributed by atoms with Gasteiger partial charge in [0.05, 0.1) is 25.0 Å². The predicted molar refractivity (Wildman–Crippen MR) is 76.0 cm³/mol. The number of morpholine rings is 1. The third kappa shape index (κ3) is 3.04. The maximum atomic E-state index is 12.3. The van der Waals surface area contributed by atoms with Gasteiger partial charge in [0.2, 0.25) is 5.91 Å². The van der Waals surface area contributed by atoms with Gasteiger partial charge < -0.3 is 14.7 Å². The highest BCUT2D eigenvalue weighted by molar-refractivity contribution is 6.30. The Labute approximate surface area is 127 Å². The third-order valence-electron chi connectivity index (χ3n) is 4.04. The fourth-order valence-electron chi connectivity index (χ4n) is 2.70. The second-order valence-corrected chi connectivity index (χ2v) is 5.92. The van der Waals surface area contributed by atoms with Gasteiger partial charge in [-0.2, -0.15) is 0 Å². The number of amides is 1. The van der Waals surface area contributed by atoms with E-state index in [0.717, 1.165) is 5.56 Å². The number of nitrogens with zero attached hydrogens (tertiary/aromatic N) is 1. The number of hydrogen-bond acceptors (Lipinski definition) is 3. The Balaban J connectivity index is 1.65. The van der Waals surface area contributed by atoms with Crippen LogP contribution in [0.15, 0.2) is 24.3 Å². The van der Waals surface area contributed by atoms with Crippen molar-refractivity contribution in [3.05, 3.63) is 34.9 Å². The van der Waals surface area contributed by atoms with Gasteiger partial charge >= 0.3 is 5.97 Å². The number of carbonyl (C=O) groups excluding carboxylic acids is 1. The number of ether oxygens (including phenoxy) is 1. The number of carboxylic acids is 1. The SMILES string of the molecule is O=C(O)[C@@H]1C[C@H]1C(=O)N1CCO[C@@H](c2ccc(Cl)cc2)C1. The number of halogens is 1. The monoisotopic (exact) mass is 309 g/mol. The smallest absolute Gasteiger partial charge is 0.307 e. The summed E-state index contributed by atoms with van der Waals surface area (Å²) < 4.78 is 5.71. The van der Waals surface area contributed by atoms with Gasteiger partial charge in [-0.25, -0.2) is 0 Å². The van der Waals surface area contributed by atoms with Gasteiger partial charge in [-0.1, -0.05) is 23.7 Å². The van der Waals surface area contributed by atoms with Crippen molar-refractivity contribution in [1.29, 1.82) is 0 Å². The molecule has 1 amide bonds. The van der Waals surface area contributed by atoms with Crippen LogP contribution in [0.3, 0.4) is 0 Å². The van der Waals surface area contributed by atoms with Crippen molar-refractivity contribution < 1.29 is 19.4 Å². The number of carbonyl (C=O) groups is 2. The molecule has 3 atom stereocenters. The lowest BCUT2D eigenvalue weighted by Crippen LogP contribution is -2.43. The molecule has 2 fully saturated rings. The van der Waals surface area contributed by atoms with E-state index in [2.05, 4.69) is 0 Å². The average Bonchev–Trinajstić information content (AvgIpc) is 3.28. The van der Waals surface area contributed by atoms with E-state index in [1.165, 1.54) is 0 Å². The van der Waals surface area contributed by atoms with E-state index in [9.17, 15) is 9.59 Å². The Morgan fingerprint density at radius 1 is 1.24 bits per heavy atom. The number of hydrogen-bond donors (Lipinski definition) is 1. The molecule has 1 aliphatic carbocycles. The summed E-state index contributed by atoms with van der Waals surface area (Å²) in [6.07, 6.45) is 0.277. The van der Waals surface area contributed by atoms with Crippen LogP contribution in [0, 0.1) is 11.8 Å². The fraction of sp³-hybridized carbons (Fsp3) is 0.467. The predicted octanol–water partition coefficient (Wildman–Crippen LogP) is 1.96. The van der Waals surface area contributed by atoms with E-state index >= 15 is 0 Å². The van der Waals surface area contributed by atoms with Crippen LogP contribution in [0.1, 0.15) is 18.1 Å². The van der Waals surface area contributed by atoms with Crippen molar-refractivity contribution in [3.8, 4) is 0 Å². The molecule has 3 rings (SSSR count). The van der Waals surface area contributed by atoms with Crippen LogP contribution in [-0.4, -0.2) is 41.6 Å². The zero-order valence-corrected chi connectivity index (χ0v) is 12.1. The van der Waals surface area contributed by atoms with Gasteiger partial charge in [0, 0.05) is 11.6 Å². The van der Waals surface area contributed by atoms with Crippen molar-refractivity contribution in [3.63, 3.8) is 0 Å². The molecule has 1 N–H and O–H groups in total. The maximum Gasteiger partial charge on any atom is 0.307 e. The van der Waals surface area contributed by atoms with Gasteiger partial charge in [-0.3, -0.25) is 9.59 Å². The van der Waals surface area contributed by atoms with Gasteiger partial charge in [0.1, 0.15) is 6.10 Å². The summed E-state index contributed by atoms with van der Waals surface area (Å²) in [5.74, 6) is -1.80. The zero-order chi connectivity index (χ0) is 15.0. The molecule has 0 bridgehead atoms. The average molecular weight is 310 g/mol. The summed E-state index contributed by atoms with van der Waals surface area (Å²) in [4.78, 5) is 24.9. The minimum Gasteiger partial charge on any atom is -0.481 e. The Hall–Kier alpha value is -1.59. The van der Waals surface area contributed by atoms with E-state index in [-0.39, 0.29) is 17.9 Å². The fourth-order valence-corrected chi connectivity index (χ4v) is 2.83. The Morgan fingerprint density at radius 3 is 2.57 bits per heavy atom. The highest BCUT2D eigenvalue weighted by Crippen LogP contribution is 2.40. The first-order chi connectivity index (χ1) is 10.1. The van der Waals surface area contributed by atoms with E-state index in [1.807, 2.05) is 12.1 Å². The van der Waals surface area contributed by atoms with Crippen molar-refractivity contribution >= 4 is 23.5 Å². The van der Waals surface area contributed by atoms with Gasteiger partial charge in [0.15, 0.2) is 0 Å². The number of rotatable bonds is 3. The van der Waals surface area contributed by atoms with E-state index in [4.69, 9.17) is 21.4 Å². The summed E-state index contributed by atoms with van der Waals surface area (Å²) in [6, 6.07) is 7.36. The minimum absolute atomic E-state index is 0.0651. The summed E-state index contributed by atoms with van der Waals surface area (Å²) in [7, 11) is 0. The summed E-state index contributed by atoms with van der Waals surface area (Å²) in [5.41, 5.74) is 0.975. The van der Waals surface area contributed by atoms with Crippen LogP contribution >= 0.6 is 11.6 Å². The van der Waals surface area contributed by atoms with Crippen molar-refractivity contribution in [2.75, 3.05) is 19.7 Å². The molecule has 1 aromatic rings. The van der Waals surface area contributed by atoms with E-state index < -0.39 is 11.9 Å². The molecule has 1 saturated heterocycles. The third-order valence-corrected chi connectivity index (χ3v) is 4.30. The molecule has 1 saturated carbocycles. The minimum atomic E-state index is -0.879. The second kappa shape index (κ2) is 5.66. The van der Waals surface area contributed by atoms with Gasteiger partial charge in [-0.05, 0) is 24.1 Å². The Bertz CT molecular complexity index is 559. The normalized spacial score (nSPS) is 28.2. The second-order valence-electron chi connectivity index (χ2n) is 5.48. The van der Waals surface area contributed by atoms with Crippen LogP contribution in [0.4, 0.5) is 0 Å². The van der Waals surface area contributed by atoms with Crippen LogP contribution < -0.4 is 0 Å². The largest absolute Gasteiger partial charge is 0.481 e. The molecule has 0 aromatic heterocycles. The maximum absolute atomic E-state index is 12.3. The lowest BCUT2D eigenvalue weighted by Gasteiger charge is -2.33. The zero-order valence-electron chi connectivity index (χ0n) is 11.4. The van der Waals surface area contributed by atoms with Crippen LogP contribution in [0.5, 0.6) is 0 Å². The molecule has 6 heteroatoms. The highest BCUT2D eigenvalue weighted by atomic mass is 35.5. The Morgan fingerprint density at radius 2 is 1.95 bits per heavy atom. The molecule has 0 spiro atoms. The lowest BCUT2D eigenvalue weighted by atomic mass is 10.1. The molecular formula is C15H16ClNO4. The first kappa shape index (κ1) is 14.4. The van der Waals surface area contributed by atoms with Crippen LogP contribution in [-0.2, 0) is 14.3 Å². The molecule has 5 nitrogen and oxygen atoms in total. The molecule has 1 aromatic carbocycles. The summed E-state index contributed by atoms with van der Waals surface area (Å²) in [5, 5.41) is 9.58. The first-order valence-corrected chi connectivity index (χ1v) is 7.32. The van der Waals surface area contributed by atoms with Gasteiger partial charge in [-0.15, -0.1) is 0 Å². The molecular weight excluding hydrogens is 294 g/mol. The number of aliphatic carboxylic acids is 1. The Kier molecular flexibility index (Phi) is 3.87. The number of benzene rings is 1. The molecule has 112 valence electrons. The lowest BCUT2D eigenvalue weighted by molar-refractivity contribution is -0.145. The molecule has 0 radical (unpaired) electrons. The first-order valence-electron chi connectivity index (χ1n) is 6.95. The van der Waals surface area contributed by atoms with Crippen molar-refractivity contribution in [2.24, 2.45) is 11.8 Å². The number of carboxylic acid groups (broad SMARTS) is 1. The summed E-state index contributed by atoms with van der Waals surface area (Å²) in [6.45, 7) is 1.44. The quantitative estimate of drug-likeness (QED) is 0.927. The van der Waals surface area contributed by atoms with Crippen LogP contribution in [0.25, 0.3) is 0 Å².